The van der Waals surface area contributed by atoms with Crippen LogP contribution in [-0.2, 0) is 0 Å². The minimum Gasteiger partial charge on any atom is -0.358 e. The maximum atomic E-state index is 5.72. The Balaban J connectivity index is 1.46. The molecule has 1 unspecified atom stereocenters. The van der Waals surface area contributed by atoms with Gasteiger partial charge in [0.25, 0.3) is 0 Å². The summed E-state index contributed by atoms with van der Waals surface area (Å²) in [5.74, 6) is 8.47. The Bertz CT molecular complexity index is 1300. The first kappa shape index (κ1) is 20.7. The van der Waals surface area contributed by atoms with Gasteiger partial charge in [-0.2, -0.15) is 10.1 Å². The molecule has 1 aliphatic rings. The first-order chi connectivity index (χ1) is 16.2. The molecule has 4 aromatic rings. The lowest BCUT2D eigenvalue weighted by atomic mass is 10.1. The summed E-state index contributed by atoms with van der Waals surface area (Å²) in [4.78, 5) is 15.9. The summed E-state index contributed by atoms with van der Waals surface area (Å²) in [5, 5.41) is 14.6. The van der Waals surface area contributed by atoms with Gasteiger partial charge in [-0.05, 0) is 37.8 Å². The zero-order valence-electron chi connectivity index (χ0n) is 18.1. The molecule has 166 valence electrons. The van der Waals surface area contributed by atoms with Gasteiger partial charge in [-0.25, -0.2) is 4.98 Å². The first-order valence-corrected chi connectivity index (χ1v) is 10.7. The van der Waals surface area contributed by atoms with Gasteiger partial charge >= 0.3 is 0 Å². The summed E-state index contributed by atoms with van der Waals surface area (Å²) in [6, 6.07) is 11.3. The number of pyridine rings is 1. The van der Waals surface area contributed by atoms with Crippen molar-refractivity contribution in [3.8, 4) is 23.2 Å². The standard InChI is InChI=1S/C23H23N9O/c1-15-12-22(30-29-15)27-21-13-16(6-4-9-24)26-23(28-21)32-11-5-8-19(32)20-14-18(31-33-20)17-7-2-3-10-25-17/h2-3,7,10,12-14,19H,5,8-9,11,24H2,1H3,(H2,26,27,28,29,30). The maximum Gasteiger partial charge on any atom is 0.229 e. The third-order valence-electron chi connectivity index (χ3n) is 5.29. The largest absolute Gasteiger partial charge is 0.358 e. The molecule has 1 fully saturated rings. The molecule has 0 amide bonds. The van der Waals surface area contributed by atoms with E-state index in [1.165, 1.54) is 0 Å². The number of nitrogens with two attached hydrogens (primary N) is 1. The fourth-order valence-electron chi connectivity index (χ4n) is 3.83. The van der Waals surface area contributed by atoms with Crippen molar-refractivity contribution in [1.29, 1.82) is 0 Å². The van der Waals surface area contributed by atoms with Crippen LogP contribution in [0.1, 0.15) is 36.0 Å². The summed E-state index contributed by atoms with van der Waals surface area (Å²) in [7, 11) is 0. The molecule has 10 nitrogen and oxygen atoms in total. The van der Waals surface area contributed by atoms with Crippen molar-refractivity contribution >= 4 is 17.6 Å². The average molecular weight is 441 g/mol. The summed E-state index contributed by atoms with van der Waals surface area (Å²) < 4.78 is 5.72. The second-order valence-electron chi connectivity index (χ2n) is 7.69. The van der Waals surface area contributed by atoms with Crippen molar-refractivity contribution in [3.05, 3.63) is 59.7 Å². The fraction of sp³-hybridized carbons (Fsp3) is 0.261. The van der Waals surface area contributed by atoms with Crippen LogP contribution in [0.25, 0.3) is 11.4 Å². The minimum atomic E-state index is -0.0341. The Morgan fingerprint density at radius 2 is 2.15 bits per heavy atom. The molecule has 0 aliphatic carbocycles. The van der Waals surface area contributed by atoms with Crippen LogP contribution in [0, 0.1) is 18.8 Å². The third-order valence-corrected chi connectivity index (χ3v) is 5.29. The van der Waals surface area contributed by atoms with Crippen molar-refractivity contribution in [2.45, 2.75) is 25.8 Å². The Hall–Kier alpha value is -4.23. The highest BCUT2D eigenvalue weighted by molar-refractivity contribution is 5.57. The van der Waals surface area contributed by atoms with Crippen LogP contribution < -0.4 is 16.0 Å². The van der Waals surface area contributed by atoms with Gasteiger partial charge < -0.3 is 20.5 Å². The number of nitrogens with zero attached hydrogens (tertiary/aromatic N) is 6. The van der Waals surface area contributed by atoms with Crippen LogP contribution in [0.5, 0.6) is 0 Å². The highest BCUT2D eigenvalue weighted by Gasteiger charge is 2.32. The molecule has 4 aromatic heterocycles. The van der Waals surface area contributed by atoms with Gasteiger partial charge in [0.2, 0.25) is 5.95 Å². The van der Waals surface area contributed by atoms with E-state index in [1.807, 2.05) is 37.3 Å². The minimum absolute atomic E-state index is 0.0341. The molecule has 1 atom stereocenters. The molecule has 1 saturated heterocycles. The van der Waals surface area contributed by atoms with Gasteiger partial charge in [-0.3, -0.25) is 10.1 Å². The average Bonchev–Trinajstić information content (AvgIpc) is 3.59. The van der Waals surface area contributed by atoms with Crippen LogP contribution in [-0.4, -0.2) is 43.4 Å². The van der Waals surface area contributed by atoms with E-state index >= 15 is 0 Å². The predicted octanol–water partition coefficient (Wildman–Crippen LogP) is 2.95. The Morgan fingerprint density at radius 3 is 2.94 bits per heavy atom. The van der Waals surface area contributed by atoms with E-state index in [4.69, 9.17) is 15.2 Å². The number of aromatic amines is 1. The van der Waals surface area contributed by atoms with Crippen molar-refractivity contribution in [2.24, 2.45) is 5.73 Å². The second kappa shape index (κ2) is 9.10. The summed E-state index contributed by atoms with van der Waals surface area (Å²) in [5.41, 5.74) is 8.57. The number of aryl methyl sites for hydroxylation is 1. The molecule has 0 saturated carbocycles. The fourth-order valence-corrected chi connectivity index (χ4v) is 3.83. The zero-order chi connectivity index (χ0) is 22.6. The topological polar surface area (TPSA) is 135 Å². The van der Waals surface area contributed by atoms with Crippen molar-refractivity contribution in [2.75, 3.05) is 23.3 Å². The lowest BCUT2D eigenvalue weighted by molar-refractivity contribution is 0.362. The van der Waals surface area contributed by atoms with E-state index in [2.05, 4.69) is 47.4 Å². The van der Waals surface area contributed by atoms with E-state index in [-0.39, 0.29) is 12.6 Å². The first-order valence-electron chi connectivity index (χ1n) is 10.7. The van der Waals surface area contributed by atoms with Gasteiger partial charge in [-0.1, -0.05) is 17.1 Å². The number of nitrogens with one attached hydrogen (secondary N) is 2. The van der Waals surface area contributed by atoms with Crippen molar-refractivity contribution in [1.82, 2.24) is 30.3 Å². The zero-order valence-corrected chi connectivity index (χ0v) is 18.1. The molecule has 0 spiro atoms. The van der Waals surface area contributed by atoms with Gasteiger partial charge in [0.15, 0.2) is 11.6 Å². The monoisotopic (exact) mass is 441 g/mol. The van der Waals surface area contributed by atoms with Crippen LogP contribution in [0.3, 0.4) is 0 Å². The quantitative estimate of drug-likeness (QED) is 0.399. The molecular weight excluding hydrogens is 418 g/mol. The molecule has 4 N–H and O–H groups in total. The van der Waals surface area contributed by atoms with Gasteiger partial charge in [0, 0.05) is 36.6 Å². The number of hydrogen-bond donors (Lipinski definition) is 3. The summed E-state index contributed by atoms with van der Waals surface area (Å²) in [6.45, 7) is 2.98. The lowest BCUT2D eigenvalue weighted by Crippen LogP contribution is -2.25. The summed E-state index contributed by atoms with van der Waals surface area (Å²) >= 11 is 0. The van der Waals surface area contributed by atoms with E-state index < -0.39 is 0 Å². The SMILES string of the molecule is Cc1cc(Nc2cc(C#CCN)nc(N3CCCC3c3cc(-c4ccccn4)no3)n2)n[nH]1. The van der Waals surface area contributed by atoms with Crippen LogP contribution in [0.4, 0.5) is 17.6 Å². The molecule has 5 heterocycles. The van der Waals surface area contributed by atoms with Crippen LogP contribution >= 0.6 is 0 Å². The highest BCUT2D eigenvalue weighted by Crippen LogP contribution is 2.36. The summed E-state index contributed by atoms with van der Waals surface area (Å²) in [6.07, 6.45) is 3.62. The molecule has 0 radical (unpaired) electrons. The van der Waals surface area contributed by atoms with Gasteiger partial charge in [0.1, 0.15) is 17.2 Å². The van der Waals surface area contributed by atoms with Gasteiger partial charge in [0.05, 0.1) is 18.3 Å². The van der Waals surface area contributed by atoms with Crippen molar-refractivity contribution in [3.63, 3.8) is 0 Å². The molecule has 1 aliphatic heterocycles. The van der Waals surface area contributed by atoms with Gasteiger partial charge in [-0.15, -0.1) is 0 Å². The molecule has 0 bridgehead atoms. The third kappa shape index (κ3) is 4.53. The molecule has 33 heavy (non-hydrogen) atoms. The smallest absolute Gasteiger partial charge is 0.229 e. The molecule has 0 aromatic carbocycles. The predicted molar refractivity (Wildman–Crippen MR) is 124 cm³/mol. The van der Waals surface area contributed by atoms with E-state index in [0.29, 0.717) is 29.0 Å². The number of hydrogen-bond acceptors (Lipinski definition) is 9. The Labute approximate surface area is 190 Å². The maximum absolute atomic E-state index is 5.72. The number of rotatable bonds is 5. The number of H-pyrrole nitrogens is 1. The molecule has 10 heteroatoms. The Kier molecular flexibility index (Phi) is 5.70. The lowest BCUT2D eigenvalue weighted by Gasteiger charge is -2.23. The van der Waals surface area contributed by atoms with E-state index in [9.17, 15) is 0 Å². The van der Waals surface area contributed by atoms with E-state index in [1.54, 1.807) is 12.3 Å². The van der Waals surface area contributed by atoms with Crippen LogP contribution in [0.2, 0.25) is 0 Å². The normalized spacial score (nSPS) is 15.3. The van der Waals surface area contributed by atoms with E-state index in [0.717, 1.165) is 36.5 Å². The number of anilines is 3. The Morgan fingerprint density at radius 1 is 1.21 bits per heavy atom. The molecular formula is C23H23N9O. The number of aromatic nitrogens is 6. The van der Waals surface area contributed by atoms with Crippen molar-refractivity contribution < 1.29 is 4.52 Å². The second-order valence-corrected chi connectivity index (χ2v) is 7.69. The highest BCUT2D eigenvalue weighted by atomic mass is 16.5. The molecule has 5 rings (SSSR count). The van der Waals surface area contributed by atoms with Crippen LogP contribution in [0.15, 0.2) is 47.1 Å².